The molecule has 22 heavy (non-hydrogen) atoms. The van der Waals surface area contributed by atoms with E-state index < -0.39 is 0 Å². The van der Waals surface area contributed by atoms with Crippen molar-refractivity contribution in [3.63, 3.8) is 0 Å². The van der Waals surface area contributed by atoms with Crippen molar-refractivity contribution in [1.29, 1.82) is 0 Å². The van der Waals surface area contributed by atoms with Crippen molar-refractivity contribution in [1.82, 2.24) is 10.2 Å². The topological polar surface area (TPSA) is 15.3 Å². The molecule has 0 aromatic heterocycles. The van der Waals surface area contributed by atoms with Crippen molar-refractivity contribution in [3.05, 3.63) is 24.6 Å². The van der Waals surface area contributed by atoms with E-state index in [4.69, 9.17) is 0 Å². The molecule has 0 aromatic carbocycles. The third-order valence-corrected chi connectivity index (χ3v) is 4.67. The molecule has 0 amide bonds. The molecule has 1 fully saturated rings. The molecule has 0 saturated carbocycles. The normalized spacial score (nSPS) is 16.9. The Bertz CT molecular complexity index is 354. The van der Waals surface area contributed by atoms with Crippen LogP contribution in [0, 0.1) is 17.3 Å². The van der Waals surface area contributed by atoms with Crippen molar-refractivity contribution < 1.29 is 0 Å². The molecule has 128 valence electrons. The van der Waals surface area contributed by atoms with Crippen LogP contribution in [0.1, 0.15) is 66.7 Å². The predicted octanol–water partition coefficient (Wildman–Crippen LogP) is 5.19. The lowest BCUT2D eigenvalue weighted by atomic mass is 9.91. The Balaban J connectivity index is 2.26. The van der Waals surface area contributed by atoms with E-state index in [1.165, 1.54) is 37.1 Å². The van der Waals surface area contributed by atoms with Gasteiger partial charge in [-0.05, 0) is 43.4 Å². The fourth-order valence-corrected chi connectivity index (χ4v) is 2.90. The fourth-order valence-electron chi connectivity index (χ4n) is 2.90. The fraction of sp³-hybridized carbons (Fsp3) is 0.800. The van der Waals surface area contributed by atoms with Gasteiger partial charge in [0.25, 0.3) is 0 Å². The number of allylic oxidation sites excluding steroid dienone is 2. The summed E-state index contributed by atoms with van der Waals surface area (Å²) in [6, 6.07) is 0. The second kappa shape index (κ2) is 8.64. The highest BCUT2D eigenvalue weighted by Gasteiger charge is 2.22. The molecule has 1 aliphatic rings. The molecule has 2 nitrogen and oxygen atoms in total. The molecule has 1 rings (SSSR count). The third kappa shape index (κ3) is 7.38. The van der Waals surface area contributed by atoms with E-state index in [1.54, 1.807) is 0 Å². The molecule has 0 radical (unpaired) electrons. The van der Waals surface area contributed by atoms with Crippen LogP contribution in [0.2, 0.25) is 0 Å². The Labute approximate surface area is 139 Å². The van der Waals surface area contributed by atoms with Gasteiger partial charge in [-0.3, -0.25) is 0 Å². The van der Waals surface area contributed by atoms with Gasteiger partial charge in [0, 0.05) is 36.9 Å². The quantitative estimate of drug-likeness (QED) is 0.664. The Morgan fingerprint density at radius 2 is 1.77 bits per heavy atom. The molecule has 1 heterocycles. The summed E-state index contributed by atoms with van der Waals surface area (Å²) in [5.41, 5.74) is 2.97. The molecule has 2 heteroatoms. The molecule has 0 unspecified atom stereocenters. The lowest BCUT2D eigenvalue weighted by Crippen LogP contribution is -2.35. The van der Waals surface area contributed by atoms with Gasteiger partial charge < -0.3 is 10.2 Å². The van der Waals surface area contributed by atoms with Crippen LogP contribution in [0.3, 0.4) is 0 Å². The zero-order valence-corrected chi connectivity index (χ0v) is 15.7. The maximum absolute atomic E-state index is 4.28. The van der Waals surface area contributed by atoms with E-state index in [2.05, 4.69) is 58.0 Å². The number of hydrogen-bond acceptors (Lipinski definition) is 2. The van der Waals surface area contributed by atoms with Gasteiger partial charge in [0.05, 0.1) is 0 Å². The minimum absolute atomic E-state index is 0.394. The number of nitrogens with zero attached hydrogens (tertiary/aromatic N) is 1. The molecule has 0 aromatic rings. The average molecular weight is 307 g/mol. The van der Waals surface area contributed by atoms with Crippen LogP contribution in [0.25, 0.3) is 0 Å². The average Bonchev–Trinajstić information content (AvgIpc) is 2.43. The zero-order valence-electron chi connectivity index (χ0n) is 15.7. The largest absolute Gasteiger partial charge is 0.389 e. The smallest absolute Gasteiger partial charge is 0.0181 e. The molecule has 0 atom stereocenters. The van der Waals surface area contributed by atoms with Crippen molar-refractivity contribution in [2.24, 2.45) is 17.3 Å². The van der Waals surface area contributed by atoms with Gasteiger partial charge in [0.1, 0.15) is 0 Å². The summed E-state index contributed by atoms with van der Waals surface area (Å²) in [5, 5.41) is 3.56. The molecule has 0 bridgehead atoms. The lowest BCUT2D eigenvalue weighted by Gasteiger charge is -2.36. The van der Waals surface area contributed by atoms with Crippen LogP contribution in [0.5, 0.6) is 0 Å². The summed E-state index contributed by atoms with van der Waals surface area (Å²) in [4.78, 5) is 2.49. The Morgan fingerprint density at radius 1 is 1.18 bits per heavy atom. The first-order valence-corrected chi connectivity index (χ1v) is 9.04. The first-order valence-electron chi connectivity index (χ1n) is 9.04. The third-order valence-electron chi connectivity index (χ3n) is 4.67. The standard InChI is InChI=1S/C20H38N2/c1-16(2)8-9-17(3)22-14-10-19(11-15-22)18(4)21-13-12-20(5,6)7/h16,19,21H,3-4,8-15H2,1-2,5-7H3. The van der Waals surface area contributed by atoms with Crippen molar-refractivity contribution >= 4 is 0 Å². The minimum Gasteiger partial charge on any atom is -0.389 e. The van der Waals surface area contributed by atoms with Crippen LogP contribution < -0.4 is 5.32 Å². The van der Waals surface area contributed by atoms with Crippen LogP contribution in [-0.2, 0) is 0 Å². The molecule has 1 aliphatic heterocycles. The first kappa shape index (κ1) is 19.1. The highest BCUT2D eigenvalue weighted by Crippen LogP contribution is 2.26. The summed E-state index contributed by atoms with van der Waals surface area (Å²) >= 11 is 0. The van der Waals surface area contributed by atoms with E-state index in [0.29, 0.717) is 11.3 Å². The maximum Gasteiger partial charge on any atom is 0.0181 e. The van der Waals surface area contributed by atoms with Gasteiger partial charge in [0.2, 0.25) is 0 Å². The second-order valence-electron chi connectivity index (χ2n) is 8.52. The first-order chi connectivity index (χ1) is 10.2. The van der Waals surface area contributed by atoms with Crippen LogP contribution >= 0.6 is 0 Å². The molecule has 1 saturated heterocycles. The number of rotatable bonds is 8. The Morgan fingerprint density at radius 3 is 2.27 bits per heavy atom. The molecule has 0 aliphatic carbocycles. The van der Waals surface area contributed by atoms with Crippen molar-refractivity contribution in [3.8, 4) is 0 Å². The zero-order chi connectivity index (χ0) is 16.8. The number of likely N-dealkylation sites (tertiary alicyclic amines) is 1. The van der Waals surface area contributed by atoms with Crippen LogP contribution in [-0.4, -0.2) is 24.5 Å². The van der Waals surface area contributed by atoms with E-state index in [0.717, 1.165) is 32.0 Å². The maximum atomic E-state index is 4.28. The molecular weight excluding hydrogens is 268 g/mol. The Kier molecular flexibility index (Phi) is 7.52. The van der Waals surface area contributed by atoms with E-state index in [9.17, 15) is 0 Å². The summed E-state index contributed by atoms with van der Waals surface area (Å²) in [6.45, 7) is 23.3. The second-order valence-corrected chi connectivity index (χ2v) is 8.52. The monoisotopic (exact) mass is 306 g/mol. The number of nitrogens with one attached hydrogen (secondary N) is 1. The number of hydrogen-bond donors (Lipinski definition) is 1. The summed E-state index contributed by atoms with van der Waals surface area (Å²) in [7, 11) is 0. The van der Waals surface area contributed by atoms with E-state index in [-0.39, 0.29) is 0 Å². The minimum atomic E-state index is 0.394. The van der Waals surface area contributed by atoms with Gasteiger partial charge in [-0.15, -0.1) is 0 Å². The molecule has 1 N–H and O–H groups in total. The summed E-state index contributed by atoms with van der Waals surface area (Å²) < 4.78 is 0. The summed E-state index contributed by atoms with van der Waals surface area (Å²) in [5.74, 6) is 1.40. The Hall–Kier alpha value is -0.920. The van der Waals surface area contributed by atoms with Gasteiger partial charge in [-0.1, -0.05) is 47.8 Å². The van der Waals surface area contributed by atoms with Crippen LogP contribution in [0.4, 0.5) is 0 Å². The number of piperidine rings is 1. The van der Waals surface area contributed by atoms with E-state index in [1.807, 2.05) is 0 Å². The van der Waals surface area contributed by atoms with E-state index >= 15 is 0 Å². The lowest BCUT2D eigenvalue weighted by molar-refractivity contribution is 0.232. The SMILES string of the molecule is C=C(NCCC(C)(C)C)C1CCN(C(=C)CCC(C)C)CC1. The van der Waals surface area contributed by atoms with Gasteiger partial charge in [-0.2, -0.15) is 0 Å². The molecule has 0 spiro atoms. The predicted molar refractivity (Wildman–Crippen MR) is 98.7 cm³/mol. The van der Waals surface area contributed by atoms with Crippen molar-refractivity contribution in [2.45, 2.75) is 66.7 Å². The van der Waals surface area contributed by atoms with Gasteiger partial charge in [-0.25, -0.2) is 0 Å². The molecular formula is C20H38N2. The van der Waals surface area contributed by atoms with Gasteiger partial charge in [0.15, 0.2) is 0 Å². The highest BCUT2D eigenvalue weighted by atomic mass is 15.1. The van der Waals surface area contributed by atoms with Crippen LogP contribution in [0.15, 0.2) is 24.6 Å². The summed E-state index contributed by atoms with van der Waals surface area (Å²) in [6.07, 6.45) is 6.01. The highest BCUT2D eigenvalue weighted by molar-refractivity contribution is 5.03. The van der Waals surface area contributed by atoms with Gasteiger partial charge >= 0.3 is 0 Å². The van der Waals surface area contributed by atoms with Crippen molar-refractivity contribution in [2.75, 3.05) is 19.6 Å².